The number of hydrogen-bond donors (Lipinski definition) is 2. The molecule has 0 aliphatic heterocycles. The third-order valence-corrected chi connectivity index (χ3v) is 3.00. The van der Waals surface area contributed by atoms with Gasteiger partial charge >= 0.3 is 0 Å². The van der Waals surface area contributed by atoms with Crippen molar-refractivity contribution in [1.29, 1.82) is 0 Å². The fraction of sp³-hybridized carbons (Fsp3) is 0.533. The van der Waals surface area contributed by atoms with Crippen LogP contribution in [0.4, 0.5) is 0 Å². The Morgan fingerprint density at radius 1 is 1.22 bits per heavy atom. The van der Waals surface area contributed by atoms with E-state index in [4.69, 9.17) is 0 Å². The van der Waals surface area contributed by atoms with Crippen LogP contribution in [0.5, 0.6) is 0 Å². The Balaban J connectivity index is 2.46. The number of hydrogen-bond acceptors (Lipinski definition) is 2. The Morgan fingerprint density at radius 2 is 1.83 bits per heavy atom. The fourth-order valence-electron chi connectivity index (χ4n) is 1.94. The maximum Gasteiger partial charge on any atom is 0.222 e. The summed E-state index contributed by atoms with van der Waals surface area (Å²) in [5.41, 5.74) is 2.38. The van der Waals surface area contributed by atoms with Crippen LogP contribution in [0.25, 0.3) is 0 Å². The molecule has 1 rings (SSSR count). The molecule has 1 amide bonds. The minimum absolute atomic E-state index is 0.0620. The van der Waals surface area contributed by atoms with Crippen LogP contribution in [0.2, 0.25) is 0 Å². The second kappa shape index (κ2) is 7.17. The monoisotopic (exact) mass is 248 g/mol. The average molecular weight is 248 g/mol. The predicted octanol–water partition coefficient (Wildman–Crippen LogP) is 2.56. The number of nitrogens with one attached hydrogen (secondary N) is 2. The van der Waals surface area contributed by atoms with E-state index in [9.17, 15) is 4.79 Å². The Kier molecular flexibility index (Phi) is 5.86. The molecule has 0 saturated heterocycles. The number of carbonyl (C=O) groups excluding carboxylic acids is 1. The second-order valence-electron chi connectivity index (χ2n) is 4.86. The van der Waals surface area contributed by atoms with Crippen molar-refractivity contribution < 1.29 is 4.79 Å². The first kappa shape index (κ1) is 14.7. The Hall–Kier alpha value is -1.35. The van der Waals surface area contributed by atoms with E-state index in [-0.39, 0.29) is 18.0 Å². The van der Waals surface area contributed by atoms with Crippen LogP contribution in [0, 0.1) is 6.92 Å². The molecule has 2 N–H and O–H groups in total. The highest BCUT2D eigenvalue weighted by molar-refractivity contribution is 5.77. The first-order valence-electron chi connectivity index (χ1n) is 6.62. The largest absolute Gasteiger partial charge is 0.350 e. The maximum absolute atomic E-state index is 11.8. The zero-order valence-corrected chi connectivity index (χ0v) is 11.8. The molecule has 3 nitrogen and oxygen atoms in total. The first-order valence-corrected chi connectivity index (χ1v) is 6.62. The van der Waals surface area contributed by atoms with Crippen LogP contribution in [0.1, 0.15) is 44.4 Å². The van der Waals surface area contributed by atoms with Gasteiger partial charge in [0.1, 0.15) is 0 Å². The predicted molar refractivity (Wildman–Crippen MR) is 75.5 cm³/mol. The van der Waals surface area contributed by atoms with Crippen molar-refractivity contribution in [1.82, 2.24) is 10.6 Å². The van der Waals surface area contributed by atoms with Crippen molar-refractivity contribution >= 4 is 5.91 Å². The molecule has 0 bridgehead atoms. The summed E-state index contributed by atoms with van der Waals surface area (Å²) in [4.78, 5) is 11.8. The third kappa shape index (κ3) is 4.88. The highest BCUT2D eigenvalue weighted by Gasteiger charge is 2.11. The summed E-state index contributed by atoms with van der Waals surface area (Å²) < 4.78 is 0. The fourth-order valence-corrected chi connectivity index (χ4v) is 1.94. The lowest BCUT2D eigenvalue weighted by Crippen LogP contribution is -2.34. The van der Waals surface area contributed by atoms with Crippen LogP contribution in [-0.4, -0.2) is 18.5 Å². The molecule has 0 spiro atoms. The topological polar surface area (TPSA) is 41.1 Å². The molecule has 0 aliphatic rings. The molecule has 1 unspecified atom stereocenters. The second-order valence-corrected chi connectivity index (χ2v) is 4.86. The van der Waals surface area contributed by atoms with Gasteiger partial charge in [-0.3, -0.25) is 4.79 Å². The number of carbonyl (C=O) groups is 1. The molecule has 1 aromatic rings. The molecule has 100 valence electrons. The highest BCUT2D eigenvalue weighted by Crippen LogP contribution is 2.13. The van der Waals surface area contributed by atoms with Gasteiger partial charge in [0, 0.05) is 12.5 Å². The van der Waals surface area contributed by atoms with Gasteiger partial charge in [-0.15, -0.1) is 0 Å². The summed E-state index contributed by atoms with van der Waals surface area (Å²) in [6.45, 7) is 9.04. The third-order valence-electron chi connectivity index (χ3n) is 3.00. The summed E-state index contributed by atoms with van der Waals surface area (Å²) in [6.07, 6.45) is 0.518. The smallest absolute Gasteiger partial charge is 0.222 e. The minimum Gasteiger partial charge on any atom is -0.350 e. The average Bonchev–Trinajstić information content (AvgIpc) is 2.29. The number of amides is 1. The zero-order chi connectivity index (χ0) is 13.5. The molecule has 0 heterocycles. The summed E-state index contributed by atoms with van der Waals surface area (Å²) >= 11 is 0. The van der Waals surface area contributed by atoms with Gasteiger partial charge in [-0.1, -0.05) is 36.8 Å². The molecule has 2 atom stereocenters. The van der Waals surface area contributed by atoms with Crippen LogP contribution < -0.4 is 10.6 Å². The van der Waals surface area contributed by atoms with E-state index >= 15 is 0 Å². The van der Waals surface area contributed by atoms with Gasteiger partial charge in [-0.05, 0) is 32.9 Å². The molecule has 0 aliphatic carbocycles. The van der Waals surface area contributed by atoms with Crippen molar-refractivity contribution in [3.63, 3.8) is 0 Å². The lowest BCUT2D eigenvalue weighted by Gasteiger charge is -2.17. The number of rotatable bonds is 6. The van der Waals surface area contributed by atoms with Crippen molar-refractivity contribution in [2.75, 3.05) is 6.54 Å². The van der Waals surface area contributed by atoms with Crippen LogP contribution in [0.3, 0.4) is 0 Å². The van der Waals surface area contributed by atoms with E-state index in [1.54, 1.807) is 0 Å². The van der Waals surface area contributed by atoms with Crippen LogP contribution >= 0.6 is 0 Å². The first-order chi connectivity index (χ1) is 8.52. The standard InChI is InChI=1S/C15H24N2O/c1-5-16-12(3)10-15(18)17-13(4)14-8-6-11(2)7-9-14/h6-9,12-13,16H,5,10H2,1-4H3,(H,17,18)/t12?,13-/m0/s1. The molecular formula is C15H24N2O. The van der Waals surface area contributed by atoms with Gasteiger partial charge in [0.15, 0.2) is 0 Å². The van der Waals surface area contributed by atoms with Gasteiger partial charge < -0.3 is 10.6 Å². The van der Waals surface area contributed by atoms with E-state index < -0.39 is 0 Å². The van der Waals surface area contributed by atoms with Gasteiger partial charge in [0.2, 0.25) is 5.91 Å². The van der Waals surface area contributed by atoms with Gasteiger partial charge in [-0.25, -0.2) is 0 Å². The van der Waals surface area contributed by atoms with Crippen molar-refractivity contribution in [2.45, 2.75) is 46.2 Å². The highest BCUT2D eigenvalue weighted by atomic mass is 16.1. The normalized spacial score (nSPS) is 14.0. The van der Waals surface area contributed by atoms with E-state index in [1.165, 1.54) is 5.56 Å². The number of benzene rings is 1. The molecule has 0 radical (unpaired) electrons. The summed E-state index contributed by atoms with van der Waals surface area (Å²) in [5.74, 6) is 0.0940. The van der Waals surface area contributed by atoms with Crippen LogP contribution in [0.15, 0.2) is 24.3 Å². The molecule has 3 heteroatoms. The lowest BCUT2D eigenvalue weighted by molar-refractivity contribution is -0.122. The van der Waals surface area contributed by atoms with Crippen molar-refractivity contribution in [3.8, 4) is 0 Å². The Labute approximate surface area is 110 Å². The van der Waals surface area contributed by atoms with Gasteiger partial charge in [0.25, 0.3) is 0 Å². The maximum atomic E-state index is 11.8. The molecule has 18 heavy (non-hydrogen) atoms. The molecule has 1 aromatic carbocycles. The zero-order valence-electron chi connectivity index (χ0n) is 11.8. The Morgan fingerprint density at radius 3 is 2.39 bits per heavy atom. The molecule has 0 fully saturated rings. The lowest BCUT2D eigenvalue weighted by atomic mass is 10.1. The summed E-state index contributed by atoms with van der Waals surface area (Å²) in [6, 6.07) is 8.55. The SMILES string of the molecule is CCNC(C)CC(=O)N[C@@H](C)c1ccc(C)cc1. The van der Waals surface area contributed by atoms with E-state index in [0.717, 1.165) is 12.1 Å². The molecule has 0 aromatic heterocycles. The van der Waals surface area contributed by atoms with Gasteiger partial charge in [-0.2, -0.15) is 0 Å². The summed E-state index contributed by atoms with van der Waals surface area (Å²) in [5, 5.41) is 6.26. The van der Waals surface area contributed by atoms with Gasteiger partial charge in [0.05, 0.1) is 6.04 Å². The van der Waals surface area contributed by atoms with Crippen molar-refractivity contribution in [3.05, 3.63) is 35.4 Å². The van der Waals surface area contributed by atoms with E-state index in [0.29, 0.717) is 6.42 Å². The Bertz CT molecular complexity index is 373. The summed E-state index contributed by atoms with van der Waals surface area (Å²) in [7, 11) is 0. The van der Waals surface area contributed by atoms with E-state index in [1.807, 2.05) is 20.8 Å². The van der Waals surface area contributed by atoms with E-state index in [2.05, 4.69) is 41.8 Å². The molecular weight excluding hydrogens is 224 g/mol. The minimum atomic E-state index is 0.0620. The number of aryl methyl sites for hydroxylation is 1. The van der Waals surface area contributed by atoms with Crippen LogP contribution in [-0.2, 0) is 4.79 Å². The molecule has 0 saturated carbocycles. The quantitative estimate of drug-likeness (QED) is 0.812. The van der Waals surface area contributed by atoms with Crippen molar-refractivity contribution in [2.24, 2.45) is 0 Å².